The summed E-state index contributed by atoms with van der Waals surface area (Å²) >= 11 is 0. The molecule has 4 aliphatic rings. The molecule has 1 aliphatic carbocycles. The number of carbonyl (C=O) groups excluding carboxylic acids is 2. The highest BCUT2D eigenvalue weighted by atomic mass is 32.2. The number of sulfonamides is 1. The van der Waals surface area contributed by atoms with Gasteiger partial charge in [0.2, 0.25) is 21.8 Å². The summed E-state index contributed by atoms with van der Waals surface area (Å²) in [6, 6.07) is 0. The van der Waals surface area contributed by atoms with Crippen molar-refractivity contribution in [2.75, 3.05) is 46.0 Å². The number of piperidine rings is 1. The quantitative estimate of drug-likeness (QED) is 0.693. The Labute approximate surface area is 149 Å². The van der Waals surface area contributed by atoms with Gasteiger partial charge in [0.25, 0.3) is 0 Å². The van der Waals surface area contributed by atoms with Gasteiger partial charge >= 0.3 is 0 Å². The van der Waals surface area contributed by atoms with Crippen molar-refractivity contribution >= 4 is 21.8 Å². The molecule has 2 amide bonds. The minimum absolute atomic E-state index is 0.0839. The number of fused-ring (bicyclic) bond motifs is 1. The van der Waals surface area contributed by atoms with Crippen LogP contribution in [-0.4, -0.2) is 80.4 Å². The lowest BCUT2D eigenvalue weighted by molar-refractivity contribution is -0.143. The van der Waals surface area contributed by atoms with Crippen LogP contribution < -0.4 is 0 Å². The zero-order valence-electron chi connectivity index (χ0n) is 15.0. The molecular weight excluding hydrogens is 342 g/mol. The van der Waals surface area contributed by atoms with E-state index < -0.39 is 15.4 Å². The smallest absolute Gasteiger partial charge is 0.230 e. The SMILES string of the molecule is CN1CCC2(CN(S(C)(=O)=O)CC23CCN(C(=O)C2CC2)CC3)C1=O. The van der Waals surface area contributed by atoms with E-state index in [2.05, 4.69) is 0 Å². The fourth-order valence-electron chi connectivity index (χ4n) is 5.20. The van der Waals surface area contributed by atoms with Gasteiger partial charge in [-0.25, -0.2) is 12.7 Å². The molecule has 1 atom stereocenters. The van der Waals surface area contributed by atoms with Crippen molar-refractivity contribution < 1.29 is 18.0 Å². The van der Waals surface area contributed by atoms with Crippen LogP contribution in [0.25, 0.3) is 0 Å². The zero-order chi connectivity index (χ0) is 18.0. The van der Waals surface area contributed by atoms with E-state index in [-0.39, 0.29) is 23.1 Å². The van der Waals surface area contributed by atoms with Gasteiger partial charge in [-0.05, 0) is 32.1 Å². The predicted molar refractivity (Wildman–Crippen MR) is 92.1 cm³/mol. The van der Waals surface area contributed by atoms with Gasteiger partial charge in [0.15, 0.2) is 0 Å². The second kappa shape index (κ2) is 5.42. The summed E-state index contributed by atoms with van der Waals surface area (Å²) in [5.41, 5.74) is -0.947. The number of hydrogen-bond acceptors (Lipinski definition) is 4. The molecule has 0 aromatic carbocycles. The second-order valence-electron chi connectivity index (χ2n) is 8.47. The van der Waals surface area contributed by atoms with E-state index >= 15 is 0 Å². The van der Waals surface area contributed by atoms with E-state index in [1.54, 1.807) is 11.9 Å². The van der Waals surface area contributed by atoms with Gasteiger partial charge in [-0.15, -0.1) is 0 Å². The first-order valence-corrected chi connectivity index (χ1v) is 11.0. The molecule has 140 valence electrons. The Balaban J connectivity index is 1.62. The Kier molecular flexibility index (Phi) is 3.75. The number of carbonyl (C=O) groups is 2. The average Bonchev–Trinajstić information content (AvgIpc) is 3.30. The summed E-state index contributed by atoms with van der Waals surface area (Å²) in [6.45, 7) is 2.68. The summed E-state index contributed by atoms with van der Waals surface area (Å²) in [6.07, 6.45) is 5.37. The Morgan fingerprint density at radius 2 is 1.72 bits per heavy atom. The maximum atomic E-state index is 13.0. The standard InChI is InChI=1S/C17H27N3O4S/c1-18-8-7-17(15(18)22)12-20(25(2,23)24)11-16(17)5-9-19(10-6-16)14(21)13-3-4-13/h13H,3-12H2,1-2H3. The molecule has 0 aromatic heterocycles. The summed E-state index contributed by atoms with van der Waals surface area (Å²) in [4.78, 5) is 29.1. The highest BCUT2D eigenvalue weighted by Gasteiger charge is 2.66. The van der Waals surface area contributed by atoms with Gasteiger partial charge in [-0.2, -0.15) is 0 Å². The van der Waals surface area contributed by atoms with Gasteiger partial charge in [0, 0.05) is 51.1 Å². The lowest BCUT2D eigenvalue weighted by Gasteiger charge is -2.47. The third-order valence-electron chi connectivity index (χ3n) is 7.00. The Bertz CT molecular complexity index is 709. The Morgan fingerprint density at radius 1 is 1.08 bits per heavy atom. The van der Waals surface area contributed by atoms with Gasteiger partial charge in [0.05, 0.1) is 11.7 Å². The number of hydrogen-bond donors (Lipinski definition) is 0. The van der Waals surface area contributed by atoms with Crippen LogP contribution in [0.15, 0.2) is 0 Å². The lowest BCUT2D eigenvalue weighted by atomic mass is 9.60. The maximum Gasteiger partial charge on any atom is 0.230 e. The normalized spacial score (nSPS) is 33.0. The number of rotatable bonds is 2. The minimum Gasteiger partial charge on any atom is -0.345 e. The highest BCUT2D eigenvalue weighted by Crippen LogP contribution is 2.58. The van der Waals surface area contributed by atoms with Crippen LogP contribution in [0.2, 0.25) is 0 Å². The van der Waals surface area contributed by atoms with Crippen LogP contribution >= 0.6 is 0 Å². The second-order valence-corrected chi connectivity index (χ2v) is 10.5. The van der Waals surface area contributed by atoms with Crippen LogP contribution in [0.5, 0.6) is 0 Å². The third kappa shape index (κ3) is 2.51. The molecule has 3 aliphatic heterocycles. The van der Waals surface area contributed by atoms with Crippen molar-refractivity contribution in [2.24, 2.45) is 16.7 Å². The molecule has 0 N–H and O–H groups in total. The Hall–Kier alpha value is -1.15. The van der Waals surface area contributed by atoms with Gasteiger partial charge in [-0.3, -0.25) is 9.59 Å². The van der Waals surface area contributed by atoms with E-state index in [1.807, 2.05) is 4.90 Å². The summed E-state index contributed by atoms with van der Waals surface area (Å²) < 4.78 is 25.9. The summed E-state index contributed by atoms with van der Waals surface area (Å²) in [5.74, 6) is 0.538. The van der Waals surface area contributed by atoms with E-state index in [4.69, 9.17) is 0 Å². The fraction of sp³-hybridized carbons (Fsp3) is 0.882. The highest BCUT2D eigenvalue weighted by molar-refractivity contribution is 7.88. The third-order valence-corrected chi connectivity index (χ3v) is 8.19. The maximum absolute atomic E-state index is 13.0. The lowest BCUT2D eigenvalue weighted by Crippen LogP contribution is -2.53. The first-order chi connectivity index (χ1) is 11.7. The first-order valence-electron chi connectivity index (χ1n) is 9.18. The van der Waals surface area contributed by atoms with Crippen LogP contribution in [0.4, 0.5) is 0 Å². The zero-order valence-corrected chi connectivity index (χ0v) is 15.8. The van der Waals surface area contributed by atoms with Crippen LogP contribution in [0, 0.1) is 16.7 Å². The monoisotopic (exact) mass is 369 g/mol. The molecule has 0 bridgehead atoms. The van der Waals surface area contributed by atoms with E-state index in [0.29, 0.717) is 39.1 Å². The molecule has 4 rings (SSSR count). The molecule has 7 nitrogen and oxygen atoms in total. The van der Waals surface area contributed by atoms with Crippen molar-refractivity contribution in [3.8, 4) is 0 Å². The number of likely N-dealkylation sites (tertiary alicyclic amines) is 2. The molecule has 0 radical (unpaired) electrons. The van der Waals surface area contributed by atoms with Crippen molar-refractivity contribution in [3.05, 3.63) is 0 Å². The molecule has 4 fully saturated rings. The van der Waals surface area contributed by atoms with E-state index in [1.165, 1.54) is 10.6 Å². The van der Waals surface area contributed by atoms with Crippen LogP contribution in [-0.2, 0) is 19.6 Å². The van der Waals surface area contributed by atoms with Crippen LogP contribution in [0.1, 0.15) is 32.1 Å². The Morgan fingerprint density at radius 3 is 2.20 bits per heavy atom. The molecular formula is C17H27N3O4S. The summed E-state index contributed by atoms with van der Waals surface area (Å²) in [5, 5.41) is 0. The van der Waals surface area contributed by atoms with Gasteiger partial charge in [-0.1, -0.05) is 0 Å². The average molecular weight is 369 g/mol. The number of amides is 2. The van der Waals surface area contributed by atoms with Crippen LogP contribution in [0.3, 0.4) is 0 Å². The number of nitrogens with zero attached hydrogens (tertiary/aromatic N) is 3. The topological polar surface area (TPSA) is 78.0 Å². The predicted octanol–water partition coefficient (Wildman–Crippen LogP) is 0.129. The summed E-state index contributed by atoms with van der Waals surface area (Å²) in [7, 11) is -1.53. The molecule has 1 saturated carbocycles. The van der Waals surface area contributed by atoms with Gasteiger partial charge < -0.3 is 9.80 Å². The minimum atomic E-state index is -3.33. The van der Waals surface area contributed by atoms with Crippen molar-refractivity contribution in [2.45, 2.75) is 32.1 Å². The largest absolute Gasteiger partial charge is 0.345 e. The molecule has 3 heterocycles. The molecule has 3 saturated heterocycles. The molecule has 2 spiro atoms. The van der Waals surface area contributed by atoms with Crippen molar-refractivity contribution in [1.82, 2.24) is 14.1 Å². The fourth-order valence-corrected chi connectivity index (χ4v) is 6.14. The van der Waals surface area contributed by atoms with Crippen molar-refractivity contribution in [1.29, 1.82) is 0 Å². The molecule has 0 aromatic rings. The van der Waals surface area contributed by atoms with Gasteiger partial charge in [0.1, 0.15) is 0 Å². The van der Waals surface area contributed by atoms with E-state index in [9.17, 15) is 18.0 Å². The van der Waals surface area contributed by atoms with E-state index in [0.717, 1.165) is 25.7 Å². The molecule has 1 unspecified atom stereocenters. The van der Waals surface area contributed by atoms with Crippen molar-refractivity contribution in [3.63, 3.8) is 0 Å². The first kappa shape index (κ1) is 17.3. The molecule has 25 heavy (non-hydrogen) atoms. The molecule has 8 heteroatoms.